The molecule has 0 bridgehead atoms. The van der Waals surface area contributed by atoms with Crippen LogP contribution in [-0.4, -0.2) is 37.3 Å². The van der Waals surface area contributed by atoms with Crippen LogP contribution in [0, 0.1) is 6.92 Å². The van der Waals surface area contributed by atoms with Gasteiger partial charge in [-0.25, -0.2) is 19.1 Å². The van der Waals surface area contributed by atoms with Crippen molar-refractivity contribution in [3.63, 3.8) is 0 Å². The minimum atomic E-state index is -1.21. The number of rotatable bonds is 9. The summed E-state index contributed by atoms with van der Waals surface area (Å²) in [6.45, 7) is 5.68. The average molecular weight is 538 g/mol. The molecule has 3 rings (SSSR count). The molecule has 1 aromatic heterocycles. The van der Waals surface area contributed by atoms with Gasteiger partial charge in [0, 0.05) is 11.6 Å². The van der Waals surface area contributed by atoms with Crippen LogP contribution >= 0.6 is 24.0 Å². The molecule has 0 aliphatic carbocycles. The molecule has 194 valence electrons. The van der Waals surface area contributed by atoms with E-state index < -0.39 is 23.4 Å². The van der Waals surface area contributed by atoms with E-state index in [0.29, 0.717) is 16.5 Å². The molecule has 12 heteroatoms. The summed E-state index contributed by atoms with van der Waals surface area (Å²) in [7, 11) is 0. The number of carboxylic acid groups (broad SMARTS) is 1. The predicted octanol–water partition coefficient (Wildman–Crippen LogP) is 2.59. The summed E-state index contributed by atoms with van der Waals surface area (Å²) in [4.78, 5) is 44.3. The normalized spacial score (nSPS) is 12.3. The molecule has 2 aromatic carbocycles. The SMILES string of the molecule is Cc1cc(N=c2[nH]c(=O)n(CCC(N)C(=O)O)c(=O)n2Cc2ccc(Cl)cc2)ccc1OC(C)C.Cl. The minimum absolute atomic E-state index is 0. The van der Waals surface area contributed by atoms with Crippen molar-refractivity contribution in [3.8, 4) is 5.75 Å². The van der Waals surface area contributed by atoms with Crippen LogP contribution in [-0.2, 0) is 17.9 Å². The Morgan fingerprint density at radius 2 is 1.83 bits per heavy atom. The van der Waals surface area contributed by atoms with Gasteiger partial charge < -0.3 is 15.6 Å². The fourth-order valence-corrected chi connectivity index (χ4v) is 3.48. The van der Waals surface area contributed by atoms with E-state index in [1.165, 1.54) is 4.57 Å². The molecular weight excluding hydrogens is 509 g/mol. The lowest BCUT2D eigenvalue weighted by Crippen LogP contribution is -2.50. The summed E-state index contributed by atoms with van der Waals surface area (Å²) in [5.41, 5.74) is 6.37. The van der Waals surface area contributed by atoms with Crippen molar-refractivity contribution < 1.29 is 14.6 Å². The summed E-state index contributed by atoms with van der Waals surface area (Å²) in [5.74, 6) is -0.498. The van der Waals surface area contributed by atoms with Gasteiger partial charge in [0.1, 0.15) is 11.8 Å². The number of nitrogens with zero attached hydrogens (tertiary/aromatic N) is 3. The second kappa shape index (κ2) is 12.6. The molecule has 1 atom stereocenters. The highest BCUT2D eigenvalue weighted by Gasteiger charge is 2.15. The van der Waals surface area contributed by atoms with Gasteiger partial charge in [0.15, 0.2) is 0 Å². The lowest BCUT2D eigenvalue weighted by atomic mass is 10.2. The van der Waals surface area contributed by atoms with Crippen molar-refractivity contribution in [2.75, 3.05) is 0 Å². The van der Waals surface area contributed by atoms with Crippen molar-refractivity contribution in [3.05, 3.63) is 85.2 Å². The summed E-state index contributed by atoms with van der Waals surface area (Å²) in [5, 5.41) is 9.58. The van der Waals surface area contributed by atoms with Gasteiger partial charge in [0.25, 0.3) is 0 Å². The largest absolute Gasteiger partial charge is 0.491 e. The quantitative estimate of drug-likeness (QED) is 0.382. The number of hydrogen-bond donors (Lipinski definition) is 3. The predicted molar refractivity (Wildman–Crippen MR) is 140 cm³/mol. The fourth-order valence-electron chi connectivity index (χ4n) is 3.36. The Morgan fingerprint density at radius 1 is 1.17 bits per heavy atom. The monoisotopic (exact) mass is 537 g/mol. The standard InChI is InChI=1S/C24H28ClN5O5.ClH/c1-14(2)35-20-9-8-18(12-15(20)3)27-22-28-23(33)29(11-10-19(26)21(31)32)24(34)30(22)13-16-4-6-17(25)7-5-16;/h4-9,12,14,19H,10-11,13,26H2,1-3H3,(H,31,32)(H,27,28,33);1H. The number of aryl methyl sites for hydroxylation is 1. The van der Waals surface area contributed by atoms with Crippen LogP contribution in [0.4, 0.5) is 5.69 Å². The molecule has 0 amide bonds. The third kappa shape index (κ3) is 7.33. The Hall–Kier alpha value is -3.34. The van der Waals surface area contributed by atoms with Gasteiger partial charge in [0.05, 0.1) is 18.3 Å². The van der Waals surface area contributed by atoms with Gasteiger partial charge in [-0.2, -0.15) is 0 Å². The fraction of sp³-hybridized carbons (Fsp3) is 0.333. The molecule has 0 saturated heterocycles. The number of carbonyl (C=O) groups is 1. The third-order valence-electron chi connectivity index (χ3n) is 5.17. The molecule has 36 heavy (non-hydrogen) atoms. The molecular formula is C24H29Cl2N5O5. The van der Waals surface area contributed by atoms with Gasteiger partial charge in [-0.15, -0.1) is 12.4 Å². The van der Waals surface area contributed by atoms with Crippen LogP contribution in [0.1, 0.15) is 31.4 Å². The molecule has 0 spiro atoms. The first-order chi connectivity index (χ1) is 16.5. The number of aliphatic carboxylic acids is 1. The first kappa shape index (κ1) is 28.9. The zero-order valence-corrected chi connectivity index (χ0v) is 21.7. The highest BCUT2D eigenvalue weighted by atomic mass is 35.5. The zero-order chi connectivity index (χ0) is 25.7. The van der Waals surface area contributed by atoms with E-state index in [-0.39, 0.29) is 43.6 Å². The summed E-state index contributed by atoms with van der Waals surface area (Å²) in [6, 6.07) is 11.0. The second-order valence-corrected chi connectivity index (χ2v) is 8.80. The van der Waals surface area contributed by atoms with Gasteiger partial charge in [-0.1, -0.05) is 23.7 Å². The van der Waals surface area contributed by atoms with Gasteiger partial charge in [-0.05, 0) is 68.7 Å². The first-order valence-electron chi connectivity index (χ1n) is 11.0. The summed E-state index contributed by atoms with van der Waals surface area (Å²) >= 11 is 5.98. The molecule has 10 nitrogen and oxygen atoms in total. The molecule has 1 heterocycles. The smallest absolute Gasteiger partial charge is 0.335 e. The van der Waals surface area contributed by atoms with E-state index in [1.54, 1.807) is 42.5 Å². The third-order valence-corrected chi connectivity index (χ3v) is 5.42. The molecule has 1 unspecified atom stereocenters. The molecule has 0 aliphatic rings. The Bertz CT molecular complexity index is 1390. The maximum absolute atomic E-state index is 13.3. The number of nitrogens with one attached hydrogen (secondary N) is 1. The zero-order valence-electron chi connectivity index (χ0n) is 20.1. The van der Waals surface area contributed by atoms with E-state index >= 15 is 0 Å². The maximum atomic E-state index is 13.3. The van der Waals surface area contributed by atoms with E-state index in [9.17, 15) is 14.4 Å². The van der Waals surface area contributed by atoms with Crippen molar-refractivity contribution in [2.24, 2.45) is 10.7 Å². The lowest BCUT2D eigenvalue weighted by molar-refractivity contribution is -0.138. The Balaban J connectivity index is 0.00000456. The number of H-pyrrole nitrogens is 1. The lowest BCUT2D eigenvalue weighted by Gasteiger charge is -2.13. The molecule has 3 aromatic rings. The van der Waals surface area contributed by atoms with Crippen molar-refractivity contribution in [1.82, 2.24) is 14.1 Å². The molecule has 0 fully saturated rings. The van der Waals surface area contributed by atoms with Crippen molar-refractivity contribution >= 4 is 35.7 Å². The number of carboxylic acids is 1. The number of benzene rings is 2. The number of nitrogens with two attached hydrogens (primary N) is 1. The molecule has 0 radical (unpaired) electrons. The minimum Gasteiger partial charge on any atom is -0.491 e. The summed E-state index contributed by atoms with van der Waals surface area (Å²) in [6.07, 6.45) is -0.0806. The highest BCUT2D eigenvalue weighted by Crippen LogP contribution is 2.24. The van der Waals surface area contributed by atoms with Crippen molar-refractivity contribution in [1.29, 1.82) is 0 Å². The second-order valence-electron chi connectivity index (χ2n) is 8.36. The van der Waals surface area contributed by atoms with Crippen LogP contribution in [0.5, 0.6) is 5.75 Å². The Morgan fingerprint density at radius 3 is 2.42 bits per heavy atom. The van der Waals surface area contributed by atoms with E-state index in [4.69, 9.17) is 27.2 Å². The number of aromatic amines is 1. The van der Waals surface area contributed by atoms with Gasteiger partial charge in [0.2, 0.25) is 5.62 Å². The molecule has 4 N–H and O–H groups in total. The van der Waals surface area contributed by atoms with E-state index in [2.05, 4.69) is 9.98 Å². The Kier molecular flexibility index (Phi) is 10.1. The van der Waals surface area contributed by atoms with Crippen molar-refractivity contribution in [2.45, 2.75) is 52.4 Å². The average Bonchev–Trinajstić information content (AvgIpc) is 2.78. The van der Waals surface area contributed by atoms with Gasteiger partial charge >= 0.3 is 17.3 Å². The van der Waals surface area contributed by atoms with Crippen LogP contribution in [0.3, 0.4) is 0 Å². The highest BCUT2D eigenvalue weighted by molar-refractivity contribution is 6.30. The molecule has 0 aliphatic heterocycles. The Labute approximate surface area is 218 Å². The molecule has 0 saturated carbocycles. The van der Waals surface area contributed by atoms with Crippen LogP contribution < -0.4 is 27.5 Å². The van der Waals surface area contributed by atoms with Crippen LogP contribution in [0.15, 0.2) is 57.0 Å². The van der Waals surface area contributed by atoms with E-state index in [1.807, 2.05) is 20.8 Å². The first-order valence-corrected chi connectivity index (χ1v) is 11.4. The summed E-state index contributed by atoms with van der Waals surface area (Å²) < 4.78 is 7.99. The topological polar surface area (TPSA) is 145 Å². The van der Waals surface area contributed by atoms with Gasteiger partial charge in [-0.3, -0.25) is 14.3 Å². The number of hydrogen-bond acceptors (Lipinski definition) is 6. The van der Waals surface area contributed by atoms with Crippen LogP contribution in [0.25, 0.3) is 0 Å². The van der Waals surface area contributed by atoms with Crippen LogP contribution in [0.2, 0.25) is 5.02 Å². The maximum Gasteiger partial charge on any atom is 0.335 e. The number of aromatic nitrogens is 3. The number of halogens is 2. The van der Waals surface area contributed by atoms with E-state index in [0.717, 1.165) is 15.7 Å². The number of ether oxygens (including phenoxy) is 1.